The molecule has 7 heteroatoms. The molecule has 1 aromatic rings. The van der Waals surface area contributed by atoms with Gasteiger partial charge in [0.05, 0.1) is 5.41 Å². The summed E-state index contributed by atoms with van der Waals surface area (Å²) in [4.78, 5) is 26.0. The molecule has 0 saturated carbocycles. The van der Waals surface area contributed by atoms with E-state index in [4.69, 9.17) is 0 Å². The van der Waals surface area contributed by atoms with Crippen LogP contribution >= 0.6 is 0 Å². The summed E-state index contributed by atoms with van der Waals surface area (Å²) in [5.41, 5.74) is -0.346. The van der Waals surface area contributed by atoms with Crippen molar-refractivity contribution in [3.8, 4) is 0 Å². The van der Waals surface area contributed by atoms with Crippen LogP contribution in [0.15, 0.2) is 12.7 Å². The zero-order valence-electron chi connectivity index (χ0n) is 10.7. The van der Waals surface area contributed by atoms with E-state index in [1.165, 1.54) is 12.7 Å². The molecule has 0 aliphatic carbocycles. The Morgan fingerprint density at radius 2 is 2.16 bits per heavy atom. The van der Waals surface area contributed by atoms with Crippen molar-refractivity contribution in [2.24, 2.45) is 5.41 Å². The van der Waals surface area contributed by atoms with E-state index in [0.717, 1.165) is 25.8 Å². The number of nitrogens with zero attached hydrogens (tertiary/aromatic N) is 4. The maximum Gasteiger partial charge on any atom is 0.242 e. The average molecular weight is 263 g/mol. The molecule has 2 saturated heterocycles. The molecule has 1 aromatic heterocycles. The van der Waals surface area contributed by atoms with Crippen LogP contribution in [0.25, 0.3) is 0 Å². The minimum absolute atomic E-state index is 0.0232. The summed E-state index contributed by atoms with van der Waals surface area (Å²) >= 11 is 0. The van der Waals surface area contributed by atoms with Gasteiger partial charge in [0.15, 0.2) is 0 Å². The molecule has 0 radical (unpaired) electrons. The van der Waals surface area contributed by atoms with Crippen LogP contribution in [0.4, 0.5) is 0 Å². The highest BCUT2D eigenvalue weighted by atomic mass is 16.2. The minimum Gasteiger partial charge on any atom is -0.356 e. The van der Waals surface area contributed by atoms with Crippen LogP contribution in [0.5, 0.6) is 0 Å². The van der Waals surface area contributed by atoms with E-state index in [1.54, 1.807) is 9.47 Å². The molecular weight excluding hydrogens is 246 g/mol. The third-order valence-electron chi connectivity index (χ3n) is 4.09. The maximum absolute atomic E-state index is 12.2. The average Bonchev–Trinajstić information content (AvgIpc) is 3.04. The molecule has 2 aliphatic heterocycles. The van der Waals surface area contributed by atoms with E-state index in [9.17, 15) is 9.59 Å². The molecule has 2 amide bonds. The zero-order chi connectivity index (χ0) is 13.3. The van der Waals surface area contributed by atoms with Gasteiger partial charge in [-0.15, -0.1) is 10.2 Å². The number of amides is 2. The van der Waals surface area contributed by atoms with Crippen molar-refractivity contribution in [1.29, 1.82) is 0 Å². The molecule has 3 rings (SSSR count). The summed E-state index contributed by atoms with van der Waals surface area (Å²) < 4.78 is 1.65. The highest BCUT2D eigenvalue weighted by Crippen LogP contribution is 2.37. The van der Waals surface area contributed by atoms with Gasteiger partial charge in [-0.2, -0.15) is 0 Å². The normalized spacial score (nSPS) is 26.7. The number of carbonyl (C=O) groups is 2. The summed E-state index contributed by atoms with van der Waals surface area (Å²) in [6.45, 7) is 2.20. The predicted octanol–water partition coefficient (Wildman–Crippen LogP) is -0.593. The summed E-state index contributed by atoms with van der Waals surface area (Å²) in [6, 6.07) is 0. The van der Waals surface area contributed by atoms with E-state index in [0.29, 0.717) is 13.1 Å². The molecular formula is C12H17N5O2. The summed E-state index contributed by atoms with van der Waals surface area (Å²) in [7, 11) is 0. The second-order valence-electron chi connectivity index (χ2n) is 5.34. The van der Waals surface area contributed by atoms with Crippen molar-refractivity contribution < 1.29 is 9.59 Å². The van der Waals surface area contributed by atoms with E-state index in [1.807, 2.05) is 0 Å². The molecule has 3 heterocycles. The van der Waals surface area contributed by atoms with Crippen LogP contribution in [0, 0.1) is 5.41 Å². The number of carbonyl (C=O) groups excluding carboxylic acids is 2. The third kappa shape index (κ3) is 2.20. The number of piperidine rings is 1. The first kappa shape index (κ1) is 12.1. The van der Waals surface area contributed by atoms with Gasteiger partial charge in [-0.25, -0.2) is 0 Å². The molecule has 19 heavy (non-hydrogen) atoms. The highest BCUT2D eigenvalue weighted by molar-refractivity contribution is 5.85. The van der Waals surface area contributed by atoms with Crippen molar-refractivity contribution >= 4 is 11.8 Å². The molecule has 0 unspecified atom stereocenters. The lowest BCUT2D eigenvalue weighted by Gasteiger charge is -2.32. The van der Waals surface area contributed by atoms with E-state index >= 15 is 0 Å². The molecule has 102 valence electrons. The van der Waals surface area contributed by atoms with Crippen LogP contribution in [-0.4, -0.2) is 51.1 Å². The van der Waals surface area contributed by atoms with Crippen LogP contribution in [0.2, 0.25) is 0 Å². The van der Waals surface area contributed by atoms with Crippen molar-refractivity contribution in [2.75, 3.05) is 19.6 Å². The van der Waals surface area contributed by atoms with Crippen LogP contribution in [-0.2, 0) is 16.1 Å². The summed E-state index contributed by atoms with van der Waals surface area (Å²) in [5.74, 6) is 0.133. The van der Waals surface area contributed by atoms with Crippen molar-refractivity contribution in [3.63, 3.8) is 0 Å². The number of rotatable bonds is 2. The smallest absolute Gasteiger partial charge is 0.242 e. The van der Waals surface area contributed by atoms with Gasteiger partial charge in [-0.05, 0) is 19.3 Å². The van der Waals surface area contributed by atoms with E-state index in [-0.39, 0.29) is 23.8 Å². The topological polar surface area (TPSA) is 80.1 Å². The van der Waals surface area contributed by atoms with Crippen LogP contribution < -0.4 is 5.32 Å². The molecule has 0 bridgehead atoms. The quantitative estimate of drug-likeness (QED) is 0.773. The molecule has 2 fully saturated rings. The molecule has 1 N–H and O–H groups in total. The Hall–Kier alpha value is -1.92. The van der Waals surface area contributed by atoms with Crippen LogP contribution in [0.1, 0.15) is 19.3 Å². The largest absolute Gasteiger partial charge is 0.356 e. The predicted molar refractivity (Wildman–Crippen MR) is 65.9 cm³/mol. The highest BCUT2D eigenvalue weighted by Gasteiger charge is 2.46. The molecule has 0 aromatic carbocycles. The number of hydrogen-bond donors (Lipinski definition) is 1. The number of likely N-dealkylation sites (tertiary alicyclic amines) is 1. The van der Waals surface area contributed by atoms with Gasteiger partial charge in [0.1, 0.15) is 19.2 Å². The first-order valence-corrected chi connectivity index (χ1v) is 6.58. The van der Waals surface area contributed by atoms with Crippen molar-refractivity contribution in [3.05, 3.63) is 12.7 Å². The van der Waals surface area contributed by atoms with Gasteiger partial charge in [0.25, 0.3) is 0 Å². The van der Waals surface area contributed by atoms with E-state index in [2.05, 4.69) is 15.5 Å². The Kier molecular flexibility index (Phi) is 2.96. The van der Waals surface area contributed by atoms with Gasteiger partial charge < -0.3 is 14.8 Å². The molecule has 2 aliphatic rings. The summed E-state index contributed by atoms with van der Waals surface area (Å²) in [5, 5.41) is 10.3. The number of hydrogen-bond acceptors (Lipinski definition) is 4. The monoisotopic (exact) mass is 263 g/mol. The fraction of sp³-hybridized carbons (Fsp3) is 0.667. The van der Waals surface area contributed by atoms with Crippen LogP contribution in [0.3, 0.4) is 0 Å². The SMILES string of the molecule is O=C(Cn1cnnc1)N1CC[C@]2(CCCNC2=O)C1. The second kappa shape index (κ2) is 4.64. The molecule has 1 spiro atoms. The van der Waals surface area contributed by atoms with Crippen molar-refractivity contribution in [1.82, 2.24) is 25.0 Å². The second-order valence-corrected chi connectivity index (χ2v) is 5.34. The lowest BCUT2D eigenvalue weighted by Crippen LogP contribution is -2.48. The Bertz CT molecular complexity index is 486. The Morgan fingerprint density at radius 1 is 1.37 bits per heavy atom. The lowest BCUT2D eigenvalue weighted by atomic mass is 9.79. The third-order valence-corrected chi connectivity index (χ3v) is 4.09. The Labute approximate surface area is 111 Å². The van der Waals surface area contributed by atoms with E-state index < -0.39 is 0 Å². The van der Waals surface area contributed by atoms with Gasteiger partial charge in [0, 0.05) is 19.6 Å². The Morgan fingerprint density at radius 3 is 2.89 bits per heavy atom. The van der Waals surface area contributed by atoms with Gasteiger partial charge in [0.2, 0.25) is 11.8 Å². The van der Waals surface area contributed by atoms with Gasteiger partial charge >= 0.3 is 0 Å². The van der Waals surface area contributed by atoms with Gasteiger partial charge in [-0.3, -0.25) is 9.59 Å². The number of nitrogens with one attached hydrogen (secondary N) is 1. The molecule has 7 nitrogen and oxygen atoms in total. The zero-order valence-corrected chi connectivity index (χ0v) is 10.7. The Balaban J connectivity index is 1.65. The summed E-state index contributed by atoms with van der Waals surface area (Å²) in [6.07, 6.45) is 5.70. The van der Waals surface area contributed by atoms with Gasteiger partial charge in [-0.1, -0.05) is 0 Å². The molecule has 1 atom stereocenters. The minimum atomic E-state index is -0.346. The first-order chi connectivity index (χ1) is 9.20. The standard InChI is InChI=1S/C12H17N5O2/c18-10(6-16-8-14-15-9-16)17-5-3-12(7-17)2-1-4-13-11(12)19/h8-9H,1-7H2,(H,13,19)/t12-/m1/s1. The maximum atomic E-state index is 12.2. The van der Waals surface area contributed by atoms with Crippen molar-refractivity contribution in [2.45, 2.75) is 25.8 Å². The fourth-order valence-corrected chi connectivity index (χ4v) is 2.96. The first-order valence-electron chi connectivity index (χ1n) is 6.58. The fourth-order valence-electron chi connectivity index (χ4n) is 2.96. The number of aromatic nitrogens is 3. The lowest BCUT2D eigenvalue weighted by molar-refractivity contribution is -0.135.